The van der Waals surface area contributed by atoms with Crippen molar-refractivity contribution in [1.82, 2.24) is 14.5 Å². The van der Waals surface area contributed by atoms with Crippen molar-refractivity contribution in [3.8, 4) is 11.4 Å². The molecule has 2 aromatic heterocycles. The highest BCUT2D eigenvalue weighted by Crippen LogP contribution is 2.29. The molecule has 0 radical (unpaired) electrons. The molecule has 1 aromatic carbocycles. The van der Waals surface area contributed by atoms with E-state index in [4.69, 9.17) is 14.5 Å². The van der Waals surface area contributed by atoms with E-state index < -0.39 is 0 Å². The fraction of sp³-hybridized carbons (Fsp3) is 0.333. The average molecular weight is 309 g/mol. The van der Waals surface area contributed by atoms with Crippen LogP contribution in [0.1, 0.15) is 18.7 Å². The van der Waals surface area contributed by atoms with Gasteiger partial charge in [-0.3, -0.25) is 4.57 Å². The van der Waals surface area contributed by atoms with Crippen molar-refractivity contribution in [2.24, 2.45) is 0 Å². The van der Waals surface area contributed by atoms with Gasteiger partial charge in [-0.25, -0.2) is 9.97 Å². The minimum atomic E-state index is 0.236. The van der Waals surface area contributed by atoms with Crippen LogP contribution in [-0.4, -0.2) is 34.4 Å². The predicted molar refractivity (Wildman–Crippen MR) is 88.1 cm³/mol. The van der Waals surface area contributed by atoms with E-state index in [2.05, 4.69) is 9.55 Å². The molecule has 0 aliphatic carbocycles. The molecule has 5 nitrogen and oxygen atoms in total. The second-order valence-electron chi connectivity index (χ2n) is 5.72. The number of benzene rings is 1. The van der Waals surface area contributed by atoms with Crippen molar-refractivity contribution in [2.75, 3.05) is 13.7 Å². The van der Waals surface area contributed by atoms with E-state index in [1.807, 2.05) is 36.4 Å². The molecule has 1 unspecified atom stereocenters. The molecule has 4 rings (SSSR count). The fourth-order valence-corrected chi connectivity index (χ4v) is 3.17. The maximum atomic E-state index is 5.80. The van der Waals surface area contributed by atoms with Crippen molar-refractivity contribution in [3.63, 3.8) is 0 Å². The van der Waals surface area contributed by atoms with Crippen LogP contribution in [0.4, 0.5) is 0 Å². The summed E-state index contributed by atoms with van der Waals surface area (Å²) in [5.74, 6) is 1.78. The smallest absolute Gasteiger partial charge is 0.164 e. The molecule has 1 aliphatic heterocycles. The molecule has 1 atom stereocenters. The number of ether oxygens (including phenoxy) is 2. The van der Waals surface area contributed by atoms with Gasteiger partial charge in [0.25, 0.3) is 0 Å². The minimum Gasteiger partial charge on any atom is -0.495 e. The monoisotopic (exact) mass is 309 g/mol. The molecule has 1 aliphatic rings. The number of aromatic nitrogens is 3. The van der Waals surface area contributed by atoms with Gasteiger partial charge in [0.05, 0.1) is 18.9 Å². The molecular formula is C18H19N3O2. The maximum absolute atomic E-state index is 5.80. The molecule has 0 bridgehead atoms. The van der Waals surface area contributed by atoms with Gasteiger partial charge >= 0.3 is 0 Å². The summed E-state index contributed by atoms with van der Waals surface area (Å²) in [7, 11) is 1.69. The van der Waals surface area contributed by atoms with E-state index in [0.29, 0.717) is 0 Å². The molecule has 0 N–H and O–H groups in total. The maximum Gasteiger partial charge on any atom is 0.164 e. The van der Waals surface area contributed by atoms with Gasteiger partial charge in [0.2, 0.25) is 0 Å². The third kappa shape index (κ3) is 2.57. The summed E-state index contributed by atoms with van der Waals surface area (Å²) in [4.78, 5) is 9.33. The molecule has 0 saturated carbocycles. The zero-order valence-corrected chi connectivity index (χ0v) is 13.1. The molecule has 23 heavy (non-hydrogen) atoms. The van der Waals surface area contributed by atoms with E-state index in [0.717, 1.165) is 54.3 Å². The number of para-hydroxylation sites is 2. The van der Waals surface area contributed by atoms with Gasteiger partial charge < -0.3 is 9.47 Å². The lowest BCUT2D eigenvalue weighted by molar-refractivity contribution is 0.109. The van der Waals surface area contributed by atoms with Gasteiger partial charge in [0, 0.05) is 19.2 Å². The molecule has 0 spiro atoms. The van der Waals surface area contributed by atoms with Crippen molar-refractivity contribution >= 4 is 11.2 Å². The van der Waals surface area contributed by atoms with Gasteiger partial charge in [-0.1, -0.05) is 12.1 Å². The second kappa shape index (κ2) is 6.01. The van der Waals surface area contributed by atoms with Gasteiger partial charge in [-0.2, -0.15) is 0 Å². The Bertz CT molecular complexity index is 822. The molecular weight excluding hydrogens is 290 g/mol. The normalized spacial score (nSPS) is 17.7. The molecule has 1 fully saturated rings. The fourth-order valence-electron chi connectivity index (χ4n) is 3.17. The van der Waals surface area contributed by atoms with Gasteiger partial charge in [0.1, 0.15) is 17.1 Å². The average Bonchev–Trinajstić information content (AvgIpc) is 3.22. The van der Waals surface area contributed by atoms with E-state index in [-0.39, 0.29) is 6.10 Å². The number of imidazole rings is 1. The quantitative estimate of drug-likeness (QED) is 0.743. The Balaban J connectivity index is 1.88. The number of pyridine rings is 1. The summed E-state index contributed by atoms with van der Waals surface area (Å²) in [5.41, 5.74) is 2.71. The molecule has 5 heteroatoms. The molecule has 3 aromatic rings. The Labute approximate surface area is 134 Å². The van der Waals surface area contributed by atoms with Crippen LogP contribution in [0.15, 0.2) is 42.6 Å². The first-order chi connectivity index (χ1) is 11.4. The van der Waals surface area contributed by atoms with Crippen LogP contribution in [0.3, 0.4) is 0 Å². The highest BCUT2D eigenvalue weighted by atomic mass is 16.5. The summed E-state index contributed by atoms with van der Waals surface area (Å²) < 4.78 is 13.4. The van der Waals surface area contributed by atoms with Crippen molar-refractivity contribution in [3.05, 3.63) is 48.4 Å². The SMILES string of the molecule is COc1ccccc1-n1c(CC2CCCO2)nc2cccnc21. The van der Waals surface area contributed by atoms with E-state index in [9.17, 15) is 0 Å². The zero-order valence-electron chi connectivity index (χ0n) is 13.1. The lowest BCUT2D eigenvalue weighted by Crippen LogP contribution is -2.14. The lowest BCUT2D eigenvalue weighted by atomic mass is 10.1. The molecule has 118 valence electrons. The molecule has 3 heterocycles. The van der Waals surface area contributed by atoms with Crippen LogP contribution in [0.25, 0.3) is 16.9 Å². The van der Waals surface area contributed by atoms with Crippen LogP contribution in [0.5, 0.6) is 5.75 Å². The van der Waals surface area contributed by atoms with Crippen LogP contribution >= 0.6 is 0 Å². The first-order valence-corrected chi connectivity index (χ1v) is 7.94. The van der Waals surface area contributed by atoms with E-state index >= 15 is 0 Å². The van der Waals surface area contributed by atoms with Crippen LogP contribution in [-0.2, 0) is 11.2 Å². The third-order valence-corrected chi connectivity index (χ3v) is 4.25. The summed E-state index contributed by atoms with van der Waals surface area (Å²) in [6.07, 6.45) is 5.03. The Morgan fingerprint density at radius 1 is 1.26 bits per heavy atom. The highest BCUT2D eigenvalue weighted by molar-refractivity contribution is 5.74. The first-order valence-electron chi connectivity index (χ1n) is 7.94. The summed E-state index contributed by atoms with van der Waals surface area (Å²) in [6.45, 7) is 0.845. The Morgan fingerprint density at radius 3 is 3.00 bits per heavy atom. The van der Waals surface area contributed by atoms with Crippen molar-refractivity contribution in [1.29, 1.82) is 0 Å². The Morgan fingerprint density at radius 2 is 2.17 bits per heavy atom. The van der Waals surface area contributed by atoms with Gasteiger partial charge in [-0.05, 0) is 37.1 Å². The van der Waals surface area contributed by atoms with Gasteiger partial charge in [0.15, 0.2) is 5.65 Å². The number of hydrogen-bond donors (Lipinski definition) is 0. The Hall–Kier alpha value is -2.40. The number of methoxy groups -OCH3 is 1. The van der Waals surface area contributed by atoms with Crippen LogP contribution < -0.4 is 4.74 Å². The first kappa shape index (κ1) is 14.2. The summed E-state index contributed by atoms with van der Waals surface area (Å²) in [5, 5.41) is 0. The van der Waals surface area contributed by atoms with E-state index in [1.165, 1.54) is 0 Å². The molecule has 0 amide bonds. The van der Waals surface area contributed by atoms with Crippen molar-refractivity contribution in [2.45, 2.75) is 25.4 Å². The standard InChI is InChI=1S/C18H19N3O2/c1-22-16-9-3-2-8-15(16)21-17(12-13-6-5-11-23-13)20-14-7-4-10-19-18(14)21/h2-4,7-10,13H,5-6,11-12H2,1H3. The largest absolute Gasteiger partial charge is 0.495 e. The van der Waals surface area contributed by atoms with Crippen molar-refractivity contribution < 1.29 is 9.47 Å². The highest BCUT2D eigenvalue weighted by Gasteiger charge is 2.22. The number of nitrogens with zero attached hydrogens (tertiary/aromatic N) is 3. The van der Waals surface area contributed by atoms with E-state index in [1.54, 1.807) is 13.3 Å². The summed E-state index contributed by atoms with van der Waals surface area (Å²) in [6, 6.07) is 11.9. The number of fused-ring (bicyclic) bond motifs is 1. The Kier molecular flexibility index (Phi) is 3.71. The third-order valence-electron chi connectivity index (χ3n) is 4.25. The minimum absolute atomic E-state index is 0.236. The lowest BCUT2D eigenvalue weighted by Gasteiger charge is -2.14. The summed E-state index contributed by atoms with van der Waals surface area (Å²) >= 11 is 0. The van der Waals surface area contributed by atoms with Crippen LogP contribution in [0.2, 0.25) is 0 Å². The molecule has 1 saturated heterocycles. The zero-order chi connectivity index (χ0) is 15.6. The topological polar surface area (TPSA) is 49.2 Å². The van der Waals surface area contributed by atoms with Crippen LogP contribution in [0, 0.1) is 0 Å². The second-order valence-corrected chi connectivity index (χ2v) is 5.72. The number of rotatable bonds is 4. The number of hydrogen-bond acceptors (Lipinski definition) is 4. The van der Waals surface area contributed by atoms with Gasteiger partial charge in [-0.15, -0.1) is 0 Å². The predicted octanol–water partition coefficient (Wildman–Crippen LogP) is 3.15.